The van der Waals surface area contributed by atoms with Crippen LogP contribution < -0.4 is 22.1 Å². The average molecular weight is 569 g/mol. The van der Waals surface area contributed by atoms with E-state index < -0.39 is 0 Å². The summed E-state index contributed by atoms with van der Waals surface area (Å²) in [5.41, 5.74) is 14.0. The molecular weight excluding hydrogens is 536 g/mol. The Morgan fingerprint density at radius 2 is 1.67 bits per heavy atom. The summed E-state index contributed by atoms with van der Waals surface area (Å²) in [5, 5.41) is 23.7. The van der Waals surface area contributed by atoms with Gasteiger partial charge in [0.15, 0.2) is 0 Å². The highest BCUT2D eigenvalue weighted by molar-refractivity contribution is 7.15. The van der Waals surface area contributed by atoms with Crippen molar-refractivity contribution in [1.82, 2.24) is 30.4 Å². The number of aldehydes is 1. The number of pyridine rings is 2. The van der Waals surface area contributed by atoms with Crippen molar-refractivity contribution in [3.8, 4) is 0 Å². The van der Waals surface area contributed by atoms with Crippen LogP contribution in [-0.2, 0) is 22.4 Å². The van der Waals surface area contributed by atoms with Gasteiger partial charge >= 0.3 is 0 Å². The highest BCUT2D eigenvalue weighted by atomic mass is 32.1. The van der Waals surface area contributed by atoms with E-state index in [1.54, 1.807) is 41.9 Å². The van der Waals surface area contributed by atoms with Crippen LogP contribution in [0.1, 0.15) is 54.4 Å². The summed E-state index contributed by atoms with van der Waals surface area (Å²) in [4.78, 5) is 30.1. The van der Waals surface area contributed by atoms with Gasteiger partial charge in [-0.1, -0.05) is 54.1 Å². The van der Waals surface area contributed by atoms with Gasteiger partial charge in [-0.2, -0.15) is 0 Å². The van der Waals surface area contributed by atoms with Crippen LogP contribution in [0, 0.1) is 0 Å². The molecule has 1 amide bonds. The topological polar surface area (TPSA) is 188 Å². The highest BCUT2D eigenvalue weighted by Gasteiger charge is 2.20. The highest BCUT2D eigenvalue weighted by Crippen LogP contribution is 2.35. The number of nitrogens with zero attached hydrogens (tertiary/aromatic N) is 6. The van der Waals surface area contributed by atoms with Crippen LogP contribution in [0.5, 0.6) is 0 Å². The monoisotopic (exact) mass is 568 g/mol. The third-order valence-corrected chi connectivity index (χ3v) is 7.22. The molecule has 206 valence electrons. The normalized spacial score (nSPS) is 12.7. The van der Waals surface area contributed by atoms with Crippen molar-refractivity contribution in [2.75, 3.05) is 29.1 Å². The zero-order chi connectivity index (χ0) is 27.9. The Morgan fingerprint density at radius 1 is 0.974 bits per heavy atom. The fraction of sp³-hybridized carbons (Fsp3) is 0.360. The fourth-order valence-electron chi connectivity index (χ4n) is 3.70. The number of hydrogen-bond donors (Lipinski definition) is 4. The van der Waals surface area contributed by atoms with Crippen LogP contribution in [0.2, 0.25) is 0 Å². The van der Waals surface area contributed by atoms with Gasteiger partial charge < -0.3 is 26.9 Å². The van der Waals surface area contributed by atoms with Gasteiger partial charge in [0.1, 0.15) is 28.4 Å². The molecule has 4 heterocycles. The van der Waals surface area contributed by atoms with Crippen molar-refractivity contribution in [3.05, 3.63) is 58.3 Å². The molecule has 5 rings (SSSR count). The van der Waals surface area contributed by atoms with Crippen molar-refractivity contribution in [2.24, 2.45) is 0 Å². The van der Waals surface area contributed by atoms with Gasteiger partial charge in [0, 0.05) is 25.1 Å². The first-order valence-corrected chi connectivity index (χ1v) is 14.1. The number of hydrogen-bond acceptors (Lipinski definition) is 13. The lowest BCUT2D eigenvalue weighted by molar-refractivity contribution is -0.115. The van der Waals surface area contributed by atoms with Gasteiger partial charge in [0.05, 0.1) is 12.1 Å². The Morgan fingerprint density at radius 3 is 2.26 bits per heavy atom. The van der Waals surface area contributed by atoms with Crippen LogP contribution in [0.4, 0.5) is 21.9 Å². The van der Waals surface area contributed by atoms with Gasteiger partial charge in [0.25, 0.3) is 0 Å². The van der Waals surface area contributed by atoms with Crippen molar-refractivity contribution in [1.29, 1.82) is 0 Å². The molecule has 0 aromatic carbocycles. The third kappa shape index (κ3) is 10.7. The molecule has 0 radical (unpaired) electrons. The number of carbonyl (C=O) groups is 2. The van der Waals surface area contributed by atoms with E-state index in [1.807, 2.05) is 7.05 Å². The first-order valence-electron chi connectivity index (χ1n) is 12.4. The largest absolute Gasteiger partial charge is 0.384 e. The molecule has 1 aliphatic rings. The minimum Gasteiger partial charge on any atom is -0.384 e. The molecule has 0 bridgehead atoms. The standard InChI is InChI=1S/C15H19N5OS.C7H8N2O.C3H5N3S/c16-12-8-4-7-11(17-12)9-13(21)18-15-20-19-14(22-15)10-5-2-1-3-6-10;8-7-3-1-2-6(9-7)4-5-10;1-4-3-6-5-2-7-3/h4,7-8,10H,1-3,5-6,9H2,(H2,16,17)(H,18,20,21);1-3,5H,4H2,(H2,8,9);2H,1H3,(H,4,6). The smallest absolute Gasteiger partial charge is 0.232 e. The third-order valence-electron chi connectivity index (χ3n) is 5.51. The number of nitrogen functional groups attached to an aromatic ring is 2. The maximum Gasteiger partial charge on any atom is 0.232 e. The van der Waals surface area contributed by atoms with Crippen LogP contribution in [0.3, 0.4) is 0 Å². The number of rotatable bonds is 7. The predicted molar refractivity (Wildman–Crippen MR) is 155 cm³/mol. The summed E-state index contributed by atoms with van der Waals surface area (Å²) in [7, 11) is 1.82. The first kappa shape index (κ1) is 29.5. The minimum absolute atomic E-state index is 0.149. The second kappa shape index (κ2) is 16.0. The molecule has 1 fully saturated rings. The molecule has 0 spiro atoms. The van der Waals surface area contributed by atoms with Crippen molar-refractivity contribution >= 4 is 56.8 Å². The molecule has 4 aromatic heterocycles. The fourth-order valence-corrected chi connectivity index (χ4v) is 5.04. The molecular formula is C25H32N10O2S2. The van der Waals surface area contributed by atoms with E-state index in [0.717, 1.165) is 22.1 Å². The van der Waals surface area contributed by atoms with E-state index in [1.165, 1.54) is 54.8 Å². The van der Waals surface area contributed by atoms with E-state index >= 15 is 0 Å². The Hall–Kier alpha value is -4.04. The zero-order valence-corrected chi connectivity index (χ0v) is 23.2. The summed E-state index contributed by atoms with van der Waals surface area (Å²) < 4.78 is 0. The number of carbonyl (C=O) groups excluding carboxylic acids is 2. The SMILES string of the molecule is CNc1nncs1.Nc1cccc(CC(=O)Nc2nnc(C3CCCCC3)s2)n1.Nc1cccc(CC=O)n1. The quantitative estimate of drug-likeness (QED) is 0.238. The van der Waals surface area contributed by atoms with E-state index in [2.05, 4.69) is 41.0 Å². The van der Waals surface area contributed by atoms with Gasteiger partial charge in [-0.25, -0.2) is 9.97 Å². The lowest BCUT2D eigenvalue weighted by Crippen LogP contribution is -2.15. The maximum atomic E-state index is 12.0. The molecule has 1 aliphatic carbocycles. The van der Waals surface area contributed by atoms with Gasteiger partial charge in [-0.15, -0.1) is 20.4 Å². The number of nitrogens with one attached hydrogen (secondary N) is 2. The van der Waals surface area contributed by atoms with Crippen molar-refractivity contribution in [3.63, 3.8) is 0 Å². The van der Waals surface area contributed by atoms with Gasteiger partial charge in [0.2, 0.25) is 16.2 Å². The average Bonchev–Trinajstić information content (AvgIpc) is 3.63. The summed E-state index contributed by atoms with van der Waals surface area (Å²) in [6.45, 7) is 0. The molecule has 14 heteroatoms. The number of nitrogens with two attached hydrogens (primary N) is 2. The Balaban J connectivity index is 0.000000202. The summed E-state index contributed by atoms with van der Waals surface area (Å²) in [6, 6.07) is 10.5. The number of amides is 1. The minimum atomic E-state index is -0.149. The number of anilines is 4. The molecule has 12 nitrogen and oxygen atoms in total. The van der Waals surface area contributed by atoms with Crippen LogP contribution in [0.25, 0.3) is 0 Å². The summed E-state index contributed by atoms with van der Waals surface area (Å²) in [5.74, 6) is 1.23. The maximum absolute atomic E-state index is 12.0. The van der Waals surface area contributed by atoms with Crippen LogP contribution in [0.15, 0.2) is 41.9 Å². The first-order chi connectivity index (χ1) is 19.0. The van der Waals surface area contributed by atoms with Crippen molar-refractivity contribution in [2.45, 2.75) is 50.9 Å². The van der Waals surface area contributed by atoms with E-state index in [9.17, 15) is 9.59 Å². The molecule has 0 saturated heterocycles. The Labute approximate surface area is 234 Å². The van der Waals surface area contributed by atoms with E-state index in [-0.39, 0.29) is 12.3 Å². The summed E-state index contributed by atoms with van der Waals surface area (Å²) >= 11 is 2.97. The molecule has 0 aliphatic heterocycles. The molecule has 4 aromatic rings. The molecule has 1 saturated carbocycles. The molecule has 0 atom stereocenters. The summed E-state index contributed by atoms with van der Waals surface area (Å²) in [6.07, 6.45) is 7.51. The van der Waals surface area contributed by atoms with Crippen LogP contribution in [-0.4, -0.2) is 49.6 Å². The van der Waals surface area contributed by atoms with E-state index in [0.29, 0.717) is 34.8 Å². The lowest BCUT2D eigenvalue weighted by atomic mass is 9.90. The second-order valence-corrected chi connectivity index (χ2v) is 10.3. The van der Waals surface area contributed by atoms with Gasteiger partial charge in [-0.3, -0.25) is 4.79 Å². The lowest BCUT2D eigenvalue weighted by Gasteiger charge is -2.18. The second-order valence-electron chi connectivity index (χ2n) is 8.48. The number of aromatic nitrogens is 6. The molecule has 6 N–H and O–H groups in total. The zero-order valence-electron chi connectivity index (χ0n) is 21.6. The molecule has 39 heavy (non-hydrogen) atoms. The van der Waals surface area contributed by atoms with Gasteiger partial charge in [-0.05, 0) is 37.1 Å². The Bertz CT molecular complexity index is 1290. The van der Waals surface area contributed by atoms with E-state index in [4.69, 9.17) is 11.5 Å². The Kier molecular flexibility index (Phi) is 12.1. The molecule has 0 unspecified atom stereocenters. The predicted octanol–water partition coefficient (Wildman–Crippen LogP) is 3.73. The van der Waals surface area contributed by atoms with Crippen molar-refractivity contribution < 1.29 is 9.59 Å². The van der Waals surface area contributed by atoms with Crippen LogP contribution >= 0.6 is 22.7 Å².